The van der Waals surface area contributed by atoms with Gasteiger partial charge in [0.15, 0.2) is 5.82 Å². The van der Waals surface area contributed by atoms with Crippen LogP contribution in [0.4, 0.5) is 0 Å². The highest BCUT2D eigenvalue weighted by Gasteiger charge is 2.07. The van der Waals surface area contributed by atoms with Crippen molar-refractivity contribution < 1.29 is 4.74 Å². The molecule has 2 aromatic rings. The molecule has 0 saturated heterocycles. The van der Waals surface area contributed by atoms with Crippen LogP contribution in [0.2, 0.25) is 0 Å². The van der Waals surface area contributed by atoms with Crippen molar-refractivity contribution in [2.75, 3.05) is 7.11 Å². The first-order chi connectivity index (χ1) is 7.22. The van der Waals surface area contributed by atoms with E-state index in [1.807, 2.05) is 42.8 Å². The third-order valence-electron chi connectivity index (χ3n) is 2.42. The lowest BCUT2D eigenvalue weighted by Gasteiger charge is -2.04. The molecule has 0 unspecified atom stereocenters. The molecule has 1 heterocycles. The summed E-state index contributed by atoms with van der Waals surface area (Å²) in [7, 11) is 3.60. The van der Waals surface area contributed by atoms with E-state index in [9.17, 15) is 0 Å². The largest absolute Gasteiger partial charge is 0.497 e. The lowest BCUT2D eigenvalue weighted by atomic mass is 10.2. The molecule has 0 aliphatic rings. The van der Waals surface area contributed by atoms with Gasteiger partial charge in [0.2, 0.25) is 0 Å². The number of aryl methyl sites for hydroxylation is 1. The van der Waals surface area contributed by atoms with Crippen LogP contribution < -0.4 is 4.74 Å². The van der Waals surface area contributed by atoms with Gasteiger partial charge in [-0.25, -0.2) is 0 Å². The Labute approximate surface area is 88.5 Å². The van der Waals surface area contributed by atoms with E-state index in [2.05, 4.69) is 10.2 Å². The minimum absolute atomic E-state index is 0.827. The van der Waals surface area contributed by atoms with Gasteiger partial charge < -0.3 is 9.30 Å². The summed E-state index contributed by atoms with van der Waals surface area (Å²) in [6, 6.07) is 7.79. The molecule has 0 aliphatic carbocycles. The van der Waals surface area contributed by atoms with Crippen molar-refractivity contribution in [3.05, 3.63) is 30.1 Å². The highest BCUT2D eigenvalue weighted by Crippen LogP contribution is 2.21. The van der Waals surface area contributed by atoms with E-state index in [0.717, 1.165) is 23.0 Å². The molecule has 78 valence electrons. The van der Waals surface area contributed by atoms with Gasteiger partial charge >= 0.3 is 0 Å². The molecule has 4 nitrogen and oxygen atoms in total. The van der Waals surface area contributed by atoms with Crippen LogP contribution in [0.25, 0.3) is 11.4 Å². The van der Waals surface area contributed by atoms with Crippen LogP contribution in [0.3, 0.4) is 0 Å². The number of methoxy groups -OCH3 is 1. The number of hydrogen-bond acceptors (Lipinski definition) is 3. The fourth-order valence-corrected chi connectivity index (χ4v) is 1.42. The van der Waals surface area contributed by atoms with Crippen LogP contribution in [0, 0.1) is 6.92 Å². The maximum atomic E-state index is 5.17. The summed E-state index contributed by atoms with van der Waals surface area (Å²) in [6.07, 6.45) is 0. The highest BCUT2D eigenvalue weighted by molar-refractivity contribution is 5.57. The predicted molar refractivity (Wildman–Crippen MR) is 57.7 cm³/mol. The maximum Gasteiger partial charge on any atom is 0.163 e. The summed E-state index contributed by atoms with van der Waals surface area (Å²) >= 11 is 0. The van der Waals surface area contributed by atoms with Crippen molar-refractivity contribution in [2.45, 2.75) is 6.92 Å². The van der Waals surface area contributed by atoms with Crippen molar-refractivity contribution in [2.24, 2.45) is 7.05 Å². The Balaban J connectivity index is 2.49. The Bertz CT molecular complexity index is 476. The Morgan fingerprint density at radius 1 is 1.27 bits per heavy atom. The minimum atomic E-state index is 0.827. The predicted octanol–water partition coefficient (Wildman–Crippen LogP) is 1.80. The second-order valence-corrected chi connectivity index (χ2v) is 3.36. The van der Waals surface area contributed by atoms with Crippen molar-refractivity contribution in [1.29, 1.82) is 0 Å². The first kappa shape index (κ1) is 9.71. The topological polar surface area (TPSA) is 39.9 Å². The van der Waals surface area contributed by atoms with Gasteiger partial charge in [0.1, 0.15) is 11.6 Å². The van der Waals surface area contributed by atoms with Gasteiger partial charge in [0.25, 0.3) is 0 Å². The van der Waals surface area contributed by atoms with Gasteiger partial charge in [-0.1, -0.05) is 12.1 Å². The molecule has 2 rings (SSSR count). The van der Waals surface area contributed by atoms with Crippen LogP contribution in [0.15, 0.2) is 24.3 Å². The molecule has 1 aromatic heterocycles. The number of hydrogen-bond donors (Lipinski definition) is 0. The molecule has 0 spiro atoms. The van der Waals surface area contributed by atoms with E-state index >= 15 is 0 Å². The van der Waals surface area contributed by atoms with Crippen LogP contribution in [-0.4, -0.2) is 21.9 Å². The van der Waals surface area contributed by atoms with Gasteiger partial charge in [-0.05, 0) is 19.1 Å². The molecular weight excluding hydrogens is 190 g/mol. The molecular formula is C11H13N3O. The van der Waals surface area contributed by atoms with Crippen LogP contribution in [-0.2, 0) is 7.05 Å². The fourth-order valence-electron chi connectivity index (χ4n) is 1.42. The second kappa shape index (κ2) is 3.73. The molecule has 4 heteroatoms. The van der Waals surface area contributed by atoms with Crippen molar-refractivity contribution in [3.63, 3.8) is 0 Å². The van der Waals surface area contributed by atoms with E-state index in [1.54, 1.807) is 7.11 Å². The number of rotatable bonds is 2. The van der Waals surface area contributed by atoms with Crippen molar-refractivity contribution in [1.82, 2.24) is 14.8 Å². The molecule has 0 fully saturated rings. The zero-order chi connectivity index (χ0) is 10.8. The summed E-state index contributed by atoms with van der Waals surface area (Å²) in [5.74, 6) is 2.58. The van der Waals surface area contributed by atoms with Crippen LogP contribution in [0.5, 0.6) is 5.75 Å². The van der Waals surface area contributed by atoms with Gasteiger partial charge in [0.05, 0.1) is 7.11 Å². The van der Waals surface area contributed by atoms with E-state index < -0.39 is 0 Å². The minimum Gasteiger partial charge on any atom is -0.497 e. The van der Waals surface area contributed by atoms with E-state index in [1.165, 1.54) is 0 Å². The zero-order valence-electron chi connectivity index (χ0n) is 9.06. The third kappa shape index (κ3) is 1.70. The average molecular weight is 203 g/mol. The van der Waals surface area contributed by atoms with E-state index in [-0.39, 0.29) is 0 Å². The van der Waals surface area contributed by atoms with Gasteiger partial charge in [-0.3, -0.25) is 0 Å². The monoisotopic (exact) mass is 203 g/mol. The summed E-state index contributed by atoms with van der Waals surface area (Å²) in [5.41, 5.74) is 1.01. The third-order valence-corrected chi connectivity index (χ3v) is 2.42. The number of benzene rings is 1. The summed E-state index contributed by atoms with van der Waals surface area (Å²) < 4.78 is 7.12. The molecule has 0 radical (unpaired) electrons. The molecule has 0 aliphatic heterocycles. The van der Waals surface area contributed by atoms with E-state index in [0.29, 0.717) is 0 Å². The number of aromatic nitrogens is 3. The normalized spacial score (nSPS) is 10.3. The molecule has 0 saturated carbocycles. The lowest BCUT2D eigenvalue weighted by Crippen LogP contribution is -1.95. The van der Waals surface area contributed by atoms with Gasteiger partial charge in [0, 0.05) is 12.6 Å². The number of ether oxygens (including phenoxy) is 1. The summed E-state index contributed by atoms with van der Waals surface area (Å²) in [4.78, 5) is 0. The average Bonchev–Trinajstić information content (AvgIpc) is 2.60. The first-order valence-corrected chi connectivity index (χ1v) is 4.73. The van der Waals surface area contributed by atoms with Gasteiger partial charge in [-0.15, -0.1) is 10.2 Å². The standard InChI is InChI=1S/C11H13N3O/c1-8-12-13-11(14(8)2)9-5-4-6-10(7-9)15-3/h4-7H,1-3H3. The van der Waals surface area contributed by atoms with Crippen molar-refractivity contribution >= 4 is 0 Å². The molecule has 1 aromatic carbocycles. The quantitative estimate of drug-likeness (QED) is 0.747. The Hall–Kier alpha value is -1.84. The van der Waals surface area contributed by atoms with Crippen LogP contribution in [0.1, 0.15) is 5.82 Å². The van der Waals surface area contributed by atoms with Crippen molar-refractivity contribution in [3.8, 4) is 17.1 Å². The van der Waals surface area contributed by atoms with E-state index in [4.69, 9.17) is 4.74 Å². The Kier molecular flexibility index (Phi) is 2.41. The highest BCUT2D eigenvalue weighted by atomic mass is 16.5. The molecule has 0 atom stereocenters. The Morgan fingerprint density at radius 3 is 2.67 bits per heavy atom. The molecule has 0 N–H and O–H groups in total. The summed E-state index contributed by atoms with van der Waals surface area (Å²) in [6.45, 7) is 1.93. The lowest BCUT2D eigenvalue weighted by molar-refractivity contribution is 0.415. The smallest absolute Gasteiger partial charge is 0.163 e. The first-order valence-electron chi connectivity index (χ1n) is 4.73. The molecule has 15 heavy (non-hydrogen) atoms. The zero-order valence-corrected chi connectivity index (χ0v) is 9.06. The summed E-state index contributed by atoms with van der Waals surface area (Å²) in [5, 5.41) is 8.14. The fraction of sp³-hybridized carbons (Fsp3) is 0.273. The van der Waals surface area contributed by atoms with Crippen LogP contribution >= 0.6 is 0 Å². The maximum absolute atomic E-state index is 5.17. The van der Waals surface area contributed by atoms with Gasteiger partial charge in [-0.2, -0.15) is 0 Å². The number of nitrogens with zero attached hydrogens (tertiary/aromatic N) is 3. The SMILES string of the molecule is COc1cccc(-c2nnc(C)n2C)c1. The Morgan fingerprint density at radius 2 is 2.07 bits per heavy atom. The second-order valence-electron chi connectivity index (χ2n) is 3.36. The molecule has 0 bridgehead atoms. The molecule has 0 amide bonds.